The molecule has 0 saturated heterocycles. The van der Waals surface area contributed by atoms with Crippen molar-refractivity contribution in [2.45, 2.75) is 45.6 Å². The predicted octanol–water partition coefficient (Wildman–Crippen LogP) is 5.26. The van der Waals surface area contributed by atoms with Crippen molar-refractivity contribution in [3.05, 3.63) is 64.7 Å². The SMILES string of the molecule is Cc1ccccc1NC(=O)/C(C#N)=C/c1ccc2c(c1)C(C)CC(C)(C)N2C. The molecule has 0 fully saturated rings. The van der Waals surface area contributed by atoms with Gasteiger partial charge in [-0.05, 0) is 74.1 Å². The summed E-state index contributed by atoms with van der Waals surface area (Å²) in [6.07, 6.45) is 2.73. The number of benzene rings is 2. The first-order valence-electron chi connectivity index (χ1n) is 9.59. The van der Waals surface area contributed by atoms with Crippen molar-refractivity contribution in [1.29, 1.82) is 5.26 Å². The van der Waals surface area contributed by atoms with E-state index in [0.29, 0.717) is 5.92 Å². The highest BCUT2D eigenvalue weighted by Crippen LogP contribution is 2.42. The number of carbonyl (C=O) groups is 1. The summed E-state index contributed by atoms with van der Waals surface area (Å²) in [5.74, 6) is 0.0294. The van der Waals surface area contributed by atoms with Crippen molar-refractivity contribution in [3.8, 4) is 6.07 Å². The van der Waals surface area contributed by atoms with Gasteiger partial charge >= 0.3 is 0 Å². The first kappa shape index (κ1) is 19.7. The second-order valence-electron chi connectivity index (χ2n) is 8.23. The maximum Gasteiger partial charge on any atom is 0.266 e. The molecule has 0 spiro atoms. The van der Waals surface area contributed by atoms with Gasteiger partial charge in [-0.1, -0.05) is 31.2 Å². The van der Waals surface area contributed by atoms with Gasteiger partial charge in [0, 0.05) is 24.0 Å². The van der Waals surface area contributed by atoms with E-state index in [2.05, 4.69) is 50.2 Å². The zero-order chi connectivity index (χ0) is 20.5. The van der Waals surface area contributed by atoms with Crippen molar-refractivity contribution in [2.24, 2.45) is 0 Å². The molecule has 1 aliphatic heterocycles. The van der Waals surface area contributed by atoms with Crippen LogP contribution in [0.25, 0.3) is 6.08 Å². The average molecular weight is 374 g/mol. The summed E-state index contributed by atoms with van der Waals surface area (Å²) >= 11 is 0. The zero-order valence-corrected chi connectivity index (χ0v) is 17.2. The quantitative estimate of drug-likeness (QED) is 0.589. The molecule has 2 aromatic carbocycles. The molecule has 1 unspecified atom stereocenters. The summed E-state index contributed by atoms with van der Waals surface area (Å²) in [4.78, 5) is 14.9. The molecule has 0 aromatic heterocycles. The van der Waals surface area contributed by atoms with E-state index in [1.807, 2.05) is 43.3 Å². The van der Waals surface area contributed by atoms with Gasteiger partial charge in [0.2, 0.25) is 0 Å². The lowest BCUT2D eigenvalue weighted by Crippen LogP contribution is -2.45. The van der Waals surface area contributed by atoms with E-state index < -0.39 is 0 Å². The fraction of sp³-hybridized carbons (Fsp3) is 0.333. The fourth-order valence-electron chi connectivity index (χ4n) is 3.90. The molecule has 0 bridgehead atoms. The lowest BCUT2D eigenvalue weighted by molar-refractivity contribution is -0.112. The number of anilines is 2. The van der Waals surface area contributed by atoms with Crippen LogP contribution in [-0.2, 0) is 4.79 Å². The Morgan fingerprint density at radius 3 is 2.68 bits per heavy atom. The van der Waals surface area contributed by atoms with Crippen LogP contribution in [0, 0.1) is 18.3 Å². The Balaban J connectivity index is 1.90. The van der Waals surface area contributed by atoms with Gasteiger partial charge < -0.3 is 10.2 Å². The normalized spacial score (nSPS) is 18.2. The average Bonchev–Trinajstić information content (AvgIpc) is 2.65. The molecular formula is C24H27N3O. The number of nitriles is 1. The van der Waals surface area contributed by atoms with Crippen molar-refractivity contribution in [2.75, 3.05) is 17.3 Å². The summed E-state index contributed by atoms with van der Waals surface area (Å²) in [5.41, 5.74) is 5.22. The molecule has 144 valence electrons. The Hall–Kier alpha value is -3.06. The molecule has 0 aliphatic carbocycles. The third kappa shape index (κ3) is 3.80. The lowest BCUT2D eigenvalue weighted by Gasteiger charge is -2.45. The minimum Gasteiger partial charge on any atom is -0.369 e. The Bertz CT molecular complexity index is 982. The van der Waals surface area contributed by atoms with Crippen LogP contribution in [0.5, 0.6) is 0 Å². The minimum atomic E-state index is -0.388. The Morgan fingerprint density at radius 1 is 1.29 bits per heavy atom. The number of aryl methyl sites for hydroxylation is 1. The first-order valence-corrected chi connectivity index (χ1v) is 9.59. The van der Waals surface area contributed by atoms with E-state index in [-0.39, 0.29) is 17.0 Å². The van der Waals surface area contributed by atoms with E-state index in [0.717, 1.165) is 23.2 Å². The maximum absolute atomic E-state index is 12.6. The van der Waals surface area contributed by atoms with E-state index in [1.165, 1.54) is 11.3 Å². The second kappa shape index (κ2) is 7.52. The van der Waals surface area contributed by atoms with Crippen LogP contribution in [0.1, 0.15) is 49.8 Å². The molecular weight excluding hydrogens is 346 g/mol. The summed E-state index contributed by atoms with van der Waals surface area (Å²) in [7, 11) is 2.12. The molecule has 4 nitrogen and oxygen atoms in total. The predicted molar refractivity (Wildman–Crippen MR) is 115 cm³/mol. The molecule has 1 atom stereocenters. The van der Waals surface area contributed by atoms with E-state index in [9.17, 15) is 10.1 Å². The number of hydrogen-bond donors (Lipinski definition) is 1. The number of rotatable bonds is 3. The highest BCUT2D eigenvalue weighted by Gasteiger charge is 2.33. The molecule has 4 heteroatoms. The Kier molecular flexibility index (Phi) is 5.29. The van der Waals surface area contributed by atoms with Crippen LogP contribution in [0.15, 0.2) is 48.0 Å². The highest BCUT2D eigenvalue weighted by atomic mass is 16.1. The maximum atomic E-state index is 12.6. The van der Waals surface area contributed by atoms with E-state index >= 15 is 0 Å². The van der Waals surface area contributed by atoms with Gasteiger partial charge in [-0.2, -0.15) is 5.26 Å². The highest BCUT2D eigenvalue weighted by molar-refractivity contribution is 6.10. The third-order valence-corrected chi connectivity index (χ3v) is 5.73. The van der Waals surface area contributed by atoms with Crippen LogP contribution < -0.4 is 10.2 Å². The fourth-order valence-corrected chi connectivity index (χ4v) is 3.90. The molecule has 1 amide bonds. The van der Waals surface area contributed by atoms with Gasteiger partial charge in [-0.3, -0.25) is 4.79 Å². The van der Waals surface area contributed by atoms with Crippen molar-refractivity contribution in [1.82, 2.24) is 0 Å². The van der Waals surface area contributed by atoms with Gasteiger partial charge in [-0.15, -0.1) is 0 Å². The molecule has 1 heterocycles. The molecule has 1 N–H and O–H groups in total. The van der Waals surface area contributed by atoms with Gasteiger partial charge in [-0.25, -0.2) is 0 Å². The molecule has 2 aromatic rings. The topological polar surface area (TPSA) is 56.1 Å². The Morgan fingerprint density at radius 2 is 2.00 bits per heavy atom. The number of nitrogens with one attached hydrogen (secondary N) is 1. The van der Waals surface area contributed by atoms with E-state index in [4.69, 9.17) is 0 Å². The smallest absolute Gasteiger partial charge is 0.266 e. The molecule has 28 heavy (non-hydrogen) atoms. The number of para-hydroxylation sites is 1. The summed E-state index contributed by atoms with van der Waals surface area (Å²) in [6.45, 7) is 8.67. The van der Waals surface area contributed by atoms with Crippen molar-refractivity contribution in [3.63, 3.8) is 0 Å². The monoisotopic (exact) mass is 373 g/mol. The molecule has 1 aliphatic rings. The molecule has 3 rings (SSSR count). The lowest BCUT2D eigenvalue weighted by atomic mass is 9.80. The second-order valence-corrected chi connectivity index (χ2v) is 8.23. The van der Waals surface area contributed by atoms with Crippen LogP contribution in [0.2, 0.25) is 0 Å². The van der Waals surface area contributed by atoms with E-state index in [1.54, 1.807) is 6.08 Å². The van der Waals surface area contributed by atoms with Crippen LogP contribution in [-0.4, -0.2) is 18.5 Å². The number of fused-ring (bicyclic) bond motifs is 1. The number of nitrogens with zero attached hydrogens (tertiary/aromatic N) is 2. The first-order chi connectivity index (χ1) is 13.2. The summed E-state index contributed by atoms with van der Waals surface area (Å²) in [5, 5.41) is 12.4. The third-order valence-electron chi connectivity index (χ3n) is 5.73. The van der Waals surface area contributed by atoms with Crippen LogP contribution in [0.4, 0.5) is 11.4 Å². The largest absolute Gasteiger partial charge is 0.369 e. The minimum absolute atomic E-state index is 0.0975. The standard InChI is InChI=1S/C24H27N3O/c1-16-8-6-7-9-21(16)26-23(28)19(15-25)12-18-10-11-22-20(13-18)17(2)14-24(3,4)27(22)5/h6-13,17H,14H2,1-5H3,(H,26,28)/b19-12+. The summed E-state index contributed by atoms with van der Waals surface area (Å²) in [6, 6.07) is 15.7. The van der Waals surface area contributed by atoms with Gasteiger partial charge in [0.25, 0.3) is 5.91 Å². The number of amides is 1. The van der Waals surface area contributed by atoms with Crippen LogP contribution >= 0.6 is 0 Å². The zero-order valence-electron chi connectivity index (χ0n) is 17.2. The van der Waals surface area contributed by atoms with Gasteiger partial charge in [0.05, 0.1) is 0 Å². The summed E-state index contributed by atoms with van der Waals surface area (Å²) < 4.78 is 0. The van der Waals surface area contributed by atoms with Gasteiger partial charge in [0.1, 0.15) is 11.6 Å². The molecule has 0 radical (unpaired) electrons. The van der Waals surface area contributed by atoms with Crippen molar-refractivity contribution < 1.29 is 4.79 Å². The number of carbonyl (C=O) groups excluding carboxylic acids is 1. The van der Waals surface area contributed by atoms with Crippen molar-refractivity contribution >= 4 is 23.4 Å². The number of hydrogen-bond acceptors (Lipinski definition) is 3. The van der Waals surface area contributed by atoms with Gasteiger partial charge in [0.15, 0.2) is 0 Å². The van der Waals surface area contributed by atoms with Crippen LogP contribution in [0.3, 0.4) is 0 Å². The molecule has 0 saturated carbocycles. The Labute approximate surface area is 167 Å².